The summed E-state index contributed by atoms with van der Waals surface area (Å²) in [5.74, 6) is 0.622. The van der Waals surface area contributed by atoms with E-state index in [1.807, 2.05) is 0 Å². The first-order valence-electron chi connectivity index (χ1n) is 9.67. The lowest BCUT2D eigenvalue weighted by Gasteiger charge is -2.36. The molecule has 0 aromatic rings. The van der Waals surface area contributed by atoms with E-state index in [0.717, 1.165) is 58.2 Å². The van der Waals surface area contributed by atoms with Gasteiger partial charge in [-0.3, -0.25) is 9.69 Å². The van der Waals surface area contributed by atoms with E-state index in [4.69, 9.17) is 0 Å². The SMILES string of the molecule is Cl.Cl.O=C(N[C@H](CO)C1CCCCC1)[C@@H]1CCCN1C1CCNCC1. The standard InChI is InChI=1S/C18H33N3O2.2ClH/c22-13-16(14-5-2-1-3-6-14)20-18(23)17-7-4-12-21(17)15-8-10-19-11-9-15;;/h14-17,19,22H,1-13H2,(H,20,23);2*1H/t16-,17+;;/m1../s1. The molecule has 3 aliphatic rings. The molecule has 2 heterocycles. The van der Waals surface area contributed by atoms with Crippen molar-refractivity contribution in [3.05, 3.63) is 0 Å². The summed E-state index contributed by atoms with van der Waals surface area (Å²) in [6, 6.07) is 0.533. The second kappa shape index (κ2) is 11.6. The van der Waals surface area contributed by atoms with Crippen molar-refractivity contribution in [1.82, 2.24) is 15.5 Å². The van der Waals surface area contributed by atoms with E-state index in [9.17, 15) is 9.90 Å². The predicted octanol–water partition coefficient (Wildman–Crippen LogP) is 2.10. The number of nitrogens with one attached hydrogen (secondary N) is 2. The lowest BCUT2D eigenvalue weighted by atomic mass is 9.84. The Bertz CT molecular complexity index is 389. The number of nitrogens with zero attached hydrogens (tertiary/aromatic N) is 1. The quantitative estimate of drug-likeness (QED) is 0.666. The molecule has 1 aliphatic carbocycles. The van der Waals surface area contributed by atoms with E-state index >= 15 is 0 Å². The largest absolute Gasteiger partial charge is 0.394 e. The molecule has 25 heavy (non-hydrogen) atoms. The lowest BCUT2D eigenvalue weighted by Crippen LogP contribution is -2.54. The Morgan fingerprint density at radius 3 is 2.36 bits per heavy atom. The number of hydrogen-bond donors (Lipinski definition) is 3. The molecule has 0 radical (unpaired) electrons. The van der Waals surface area contributed by atoms with Crippen molar-refractivity contribution in [3.8, 4) is 0 Å². The molecule has 3 fully saturated rings. The summed E-state index contributed by atoms with van der Waals surface area (Å²) in [7, 11) is 0. The Morgan fingerprint density at radius 2 is 1.72 bits per heavy atom. The van der Waals surface area contributed by atoms with Crippen molar-refractivity contribution >= 4 is 30.7 Å². The van der Waals surface area contributed by atoms with Crippen LogP contribution in [0.5, 0.6) is 0 Å². The number of aliphatic hydroxyl groups is 1. The minimum absolute atomic E-state index is 0. The Labute approximate surface area is 164 Å². The van der Waals surface area contributed by atoms with Crippen LogP contribution in [0.25, 0.3) is 0 Å². The highest BCUT2D eigenvalue weighted by Crippen LogP contribution is 2.28. The summed E-state index contributed by atoms with van der Waals surface area (Å²) >= 11 is 0. The predicted molar refractivity (Wildman–Crippen MR) is 106 cm³/mol. The molecule has 2 atom stereocenters. The summed E-state index contributed by atoms with van der Waals surface area (Å²) in [4.78, 5) is 15.3. The van der Waals surface area contributed by atoms with Crippen LogP contribution in [-0.2, 0) is 4.79 Å². The first-order valence-corrected chi connectivity index (χ1v) is 9.67. The van der Waals surface area contributed by atoms with Gasteiger partial charge in [0.05, 0.1) is 18.7 Å². The van der Waals surface area contributed by atoms with Gasteiger partial charge in [0.1, 0.15) is 0 Å². The second-order valence-electron chi connectivity index (χ2n) is 7.57. The fraction of sp³-hybridized carbons (Fsp3) is 0.944. The number of aliphatic hydroxyl groups excluding tert-OH is 1. The van der Waals surface area contributed by atoms with Crippen molar-refractivity contribution < 1.29 is 9.90 Å². The molecule has 0 unspecified atom stereocenters. The molecular weight excluding hydrogens is 361 g/mol. The highest BCUT2D eigenvalue weighted by Gasteiger charge is 2.37. The van der Waals surface area contributed by atoms with Crippen LogP contribution in [0.2, 0.25) is 0 Å². The number of likely N-dealkylation sites (tertiary alicyclic amines) is 1. The molecule has 0 bridgehead atoms. The first-order chi connectivity index (χ1) is 11.3. The minimum Gasteiger partial charge on any atom is -0.394 e. The van der Waals surface area contributed by atoms with Gasteiger partial charge in [0.25, 0.3) is 0 Å². The molecule has 3 N–H and O–H groups in total. The molecule has 3 rings (SSSR count). The zero-order valence-corrected chi connectivity index (χ0v) is 16.8. The van der Waals surface area contributed by atoms with E-state index < -0.39 is 0 Å². The zero-order valence-electron chi connectivity index (χ0n) is 15.1. The van der Waals surface area contributed by atoms with Crippen molar-refractivity contribution in [2.24, 2.45) is 5.92 Å². The third-order valence-electron chi connectivity index (χ3n) is 6.12. The molecule has 5 nitrogen and oxygen atoms in total. The van der Waals surface area contributed by atoms with Crippen molar-refractivity contribution in [1.29, 1.82) is 0 Å². The van der Waals surface area contributed by atoms with Gasteiger partial charge in [-0.2, -0.15) is 0 Å². The van der Waals surface area contributed by atoms with Crippen LogP contribution in [0.1, 0.15) is 57.8 Å². The highest BCUT2D eigenvalue weighted by molar-refractivity contribution is 5.85. The summed E-state index contributed by atoms with van der Waals surface area (Å²) in [5.41, 5.74) is 0. The van der Waals surface area contributed by atoms with Crippen LogP contribution in [-0.4, -0.2) is 60.3 Å². The van der Waals surface area contributed by atoms with E-state index in [0.29, 0.717) is 12.0 Å². The van der Waals surface area contributed by atoms with Gasteiger partial charge in [-0.15, -0.1) is 24.8 Å². The maximum absolute atomic E-state index is 12.8. The van der Waals surface area contributed by atoms with Gasteiger partial charge in [-0.05, 0) is 64.1 Å². The topological polar surface area (TPSA) is 64.6 Å². The zero-order chi connectivity index (χ0) is 16.1. The number of piperidine rings is 1. The van der Waals surface area contributed by atoms with Crippen LogP contribution in [0.3, 0.4) is 0 Å². The van der Waals surface area contributed by atoms with Gasteiger partial charge in [0.2, 0.25) is 5.91 Å². The van der Waals surface area contributed by atoms with Crippen LogP contribution in [0.4, 0.5) is 0 Å². The number of rotatable bonds is 5. The highest BCUT2D eigenvalue weighted by atomic mass is 35.5. The van der Waals surface area contributed by atoms with Gasteiger partial charge >= 0.3 is 0 Å². The van der Waals surface area contributed by atoms with E-state index in [1.54, 1.807) is 0 Å². The average Bonchev–Trinajstić information content (AvgIpc) is 3.11. The number of carbonyl (C=O) groups excluding carboxylic acids is 1. The normalized spacial score (nSPS) is 27.2. The molecule has 0 spiro atoms. The first kappa shape index (κ1) is 23.0. The molecule has 0 aromatic heterocycles. The minimum atomic E-state index is -0.0433. The van der Waals surface area contributed by atoms with E-state index in [1.165, 1.54) is 19.3 Å². The monoisotopic (exact) mass is 395 g/mol. The molecule has 1 amide bonds. The molecule has 2 aliphatic heterocycles. The summed E-state index contributed by atoms with van der Waals surface area (Å²) < 4.78 is 0. The van der Waals surface area contributed by atoms with Crippen LogP contribution in [0, 0.1) is 5.92 Å². The lowest BCUT2D eigenvalue weighted by molar-refractivity contribution is -0.128. The molecule has 2 saturated heterocycles. The summed E-state index contributed by atoms with van der Waals surface area (Å²) in [6.45, 7) is 3.26. The van der Waals surface area contributed by atoms with Crippen molar-refractivity contribution in [2.45, 2.75) is 75.9 Å². The van der Waals surface area contributed by atoms with Gasteiger partial charge < -0.3 is 15.7 Å². The van der Waals surface area contributed by atoms with Crippen LogP contribution >= 0.6 is 24.8 Å². The molecule has 0 aromatic carbocycles. The third kappa shape index (κ3) is 5.96. The molecule has 1 saturated carbocycles. The average molecular weight is 396 g/mol. The van der Waals surface area contributed by atoms with Crippen LogP contribution < -0.4 is 10.6 Å². The Kier molecular flexibility index (Phi) is 10.7. The fourth-order valence-electron chi connectivity index (χ4n) is 4.77. The van der Waals surface area contributed by atoms with Gasteiger partial charge in [-0.1, -0.05) is 19.3 Å². The number of carbonyl (C=O) groups is 1. The number of hydrogen-bond acceptors (Lipinski definition) is 4. The second-order valence-corrected chi connectivity index (χ2v) is 7.57. The number of amides is 1. The Balaban J connectivity index is 0.00000156. The molecule has 148 valence electrons. The van der Waals surface area contributed by atoms with E-state index in [-0.39, 0.29) is 49.4 Å². The number of halogens is 2. The molecule has 7 heteroatoms. The van der Waals surface area contributed by atoms with Gasteiger partial charge in [0, 0.05) is 6.04 Å². The van der Waals surface area contributed by atoms with Gasteiger partial charge in [0.15, 0.2) is 0 Å². The van der Waals surface area contributed by atoms with Gasteiger partial charge in [-0.25, -0.2) is 0 Å². The Hall–Kier alpha value is -0.0700. The maximum Gasteiger partial charge on any atom is 0.237 e. The smallest absolute Gasteiger partial charge is 0.237 e. The summed E-state index contributed by atoms with van der Waals surface area (Å²) in [6.07, 6.45) is 10.5. The Morgan fingerprint density at radius 1 is 1.04 bits per heavy atom. The summed E-state index contributed by atoms with van der Waals surface area (Å²) in [5, 5.41) is 16.4. The van der Waals surface area contributed by atoms with E-state index in [2.05, 4.69) is 15.5 Å². The maximum atomic E-state index is 12.8. The van der Waals surface area contributed by atoms with Crippen molar-refractivity contribution in [2.75, 3.05) is 26.2 Å². The molecular formula is C18H35Cl2N3O2. The van der Waals surface area contributed by atoms with Crippen molar-refractivity contribution in [3.63, 3.8) is 0 Å². The third-order valence-corrected chi connectivity index (χ3v) is 6.12. The fourth-order valence-corrected chi connectivity index (χ4v) is 4.77. The van der Waals surface area contributed by atoms with Crippen LogP contribution in [0.15, 0.2) is 0 Å².